The lowest BCUT2D eigenvalue weighted by molar-refractivity contribution is -0.343. The second kappa shape index (κ2) is 11.8. The lowest BCUT2D eigenvalue weighted by atomic mass is 10.1. The maximum absolute atomic E-state index is 13.5. The van der Waals surface area contributed by atoms with Crippen molar-refractivity contribution in [2.45, 2.75) is 19.8 Å². The van der Waals surface area contributed by atoms with Crippen LogP contribution in [-0.2, 0) is 19.0 Å². The number of ether oxygens (including phenoxy) is 9. The van der Waals surface area contributed by atoms with E-state index in [-0.39, 0.29) is 18.1 Å². The highest BCUT2D eigenvalue weighted by atomic mass is 16.9. The van der Waals surface area contributed by atoms with Crippen LogP contribution in [0.5, 0.6) is 34.5 Å². The fraction of sp³-hybridized carbons (Fsp3) is 0.370. The van der Waals surface area contributed by atoms with Gasteiger partial charge in [0.25, 0.3) is 5.78 Å². The molecule has 0 aliphatic carbocycles. The molecule has 0 atom stereocenters. The van der Waals surface area contributed by atoms with Crippen molar-refractivity contribution in [2.75, 3.05) is 49.3 Å². The fourth-order valence-corrected chi connectivity index (χ4v) is 3.76. The van der Waals surface area contributed by atoms with Crippen molar-refractivity contribution in [3.8, 4) is 34.5 Å². The molecule has 0 radical (unpaired) electrons. The first kappa shape index (κ1) is 27.5. The SMILES string of the molecule is CCOC1(C)O/C(=C\c2cc(OC)c(OC)cc2OC)C(=O)/C(=C/c2cc(OC)c(OC)cc2OC)O1. The summed E-state index contributed by atoms with van der Waals surface area (Å²) in [5.74, 6) is 0.579. The number of hydrogen-bond donors (Lipinski definition) is 0. The Morgan fingerprint density at radius 2 is 1.00 bits per heavy atom. The predicted octanol–water partition coefficient (Wildman–Crippen LogP) is 4.45. The average Bonchev–Trinajstić information content (AvgIpc) is 2.90. The molecule has 3 rings (SSSR count). The largest absolute Gasteiger partial charge is 0.496 e. The summed E-state index contributed by atoms with van der Waals surface area (Å²) in [6, 6.07) is 6.66. The van der Waals surface area contributed by atoms with E-state index in [9.17, 15) is 4.79 Å². The van der Waals surface area contributed by atoms with Gasteiger partial charge < -0.3 is 42.6 Å². The van der Waals surface area contributed by atoms with Gasteiger partial charge in [0.15, 0.2) is 34.5 Å². The summed E-state index contributed by atoms with van der Waals surface area (Å²) in [6.07, 6.45) is 3.06. The highest BCUT2D eigenvalue weighted by Crippen LogP contribution is 2.40. The summed E-state index contributed by atoms with van der Waals surface area (Å²) < 4.78 is 50.0. The van der Waals surface area contributed by atoms with Gasteiger partial charge in [0.05, 0.1) is 49.3 Å². The first-order chi connectivity index (χ1) is 17.8. The molecule has 1 saturated heterocycles. The highest BCUT2D eigenvalue weighted by molar-refractivity contribution is 6.11. The van der Waals surface area contributed by atoms with E-state index < -0.39 is 11.8 Å². The van der Waals surface area contributed by atoms with Crippen LogP contribution in [0.3, 0.4) is 0 Å². The zero-order chi connectivity index (χ0) is 27.2. The molecule has 0 unspecified atom stereocenters. The van der Waals surface area contributed by atoms with E-state index in [2.05, 4.69) is 0 Å². The van der Waals surface area contributed by atoms with Gasteiger partial charge in [-0.15, -0.1) is 0 Å². The average molecular weight is 517 g/mol. The third kappa shape index (κ3) is 5.86. The molecule has 1 aliphatic heterocycles. The Balaban J connectivity index is 2.16. The van der Waals surface area contributed by atoms with Gasteiger partial charge in [-0.05, 0) is 31.2 Å². The van der Waals surface area contributed by atoms with E-state index in [1.54, 1.807) is 38.1 Å². The highest BCUT2D eigenvalue weighted by Gasteiger charge is 2.41. The van der Waals surface area contributed by atoms with E-state index in [4.69, 9.17) is 42.6 Å². The number of methoxy groups -OCH3 is 6. The minimum absolute atomic E-state index is 0.0292. The number of benzene rings is 2. The second-order valence-corrected chi connectivity index (χ2v) is 7.74. The Labute approximate surface area is 216 Å². The zero-order valence-electron chi connectivity index (χ0n) is 22.3. The van der Waals surface area contributed by atoms with E-state index in [0.29, 0.717) is 45.6 Å². The maximum Gasteiger partial charge on any atom is 0.368 e. The lowest BCUT2D eigenvalue weighted by Crippen LogP contribution is -2.42. The molecule has 0 spiro atoms. The summed E-state index contributed by atoms with van der Waals surface area (Å²) in [7, 11) is 9.09. The molecule has 1 heterocycles. The fourth-order valence-electron chi connectivity index (χ4n) is 3.76. The van der Waals surface area contributed by atoms with Crippen LogP contribution in [0.2, 0.25) is 0 Å². The monoisotopic (exact) mass is 516 g/mol. The summed E-state index contributed by atoms with van der Waals surface area (Å²) in [5.41, 5.74) is 1.04. The maximum atomic E-state index is 13.5. The van der Waals surface area contributed by atoms with Crippen molar-refractivity contribution >= 4 is 17.9 Å². The van der Waals surface area contributed by atoms with Gasteiger partial charge in [-0.25, -0.2) is 0 Å². The summed E-state index contributed by atoms with van der Waals surface area (Å²) in [5, 5.41) is 0. The zero-order valence-corrected chi connectivity index (χ0v) is 22.3. The van der Waals surface area contributed by atoms with Gasteiger partial charge in [-0.2, -0.15) is 0 Å². The number of hydrogen-bond acceptors (Lipinski definition) is 10. The quantitative estimate of drug-likeness (QED) is 0.421. The van der Waals surface area contributed by atoms with E-state index in [1.165, 1.54) is 54.8 Å². The Kier molecular flexibility index (Phi) is 8.77. The first-order valence-electron chi connectivity index (χ1n) is 11.4. The molecule has 0 bridgehead atoms. The molecule has 0 saturated carbocycles. The molecular formula is C27H32O10. The summed E-state index contributed by atoms with van der Waals surface area (Å²) in [4.78, 5) is 13.5. The molecule has 200 valence electrons. The smallest absolute Gasteiger partial charge is 0.368 e. The van der Waals surface area contributed by atoms with Gasteiger partial charge in [0, 0.05) is 30.2 Å². The standard InChI is InChI=1S/C27H32O10/c1-9-35-27(2)36-24(12-16-10-20(31-5)22(33-7)14-18(16)29-3)26(28)25(37-27)13-17-11-21(32-6)23(34-8)15-19(17)30-4/h10-15H,9H2,1-8H3/b24-12-,25-13-. The van der Waals surface area contributed by atoms with E-state index in [0.717, 1.165) is 0 Å². The molecule has 10 heteroatoms. The summed E-state index contributed by atoms with van der Waals surface area (Å²) >= 11 is 0. The number of Topliss-reactive ketones (excluding diaryl/α,β-unsaturated/α-hetero) is 1. The first-order valence-corrected chi connectivity index (χ1v) is 11.4. The molecule has 37 heavy (non-hydrogen) atoms. The van der Waals surface area contributed by atoms with E-state index >= 15 is 0 Å². The van der Waals surface area contributed by atoms with Crippen LogP contribution in [0.25, 0.3) is 12.2 Å². The molecule has 2 aromatic carbocycles. The van der Waals surface area contributed by atoms with Gasteiger partial charge in [0.2, 0.25) is 0 Å². The van der Waals surface area contributed by atoms with Gasteiger partial charge >= 0.3 is 5.97 Å². The van der Waals surface area contributed by atoms with Crippen LogP contribution in [0.1, 0.15) is 25.0 Å². The number of ketones is 1. The van der Waals surface area contributed by atoms with Crippen molar-refractivity contribution in [2.24, 2.45) is 0 Å². The third-order valence-corrected chi connectivity index (χ3v) is 5.49. The van der Waals surface area contributed by atoms with Gasteiger partial charge in [-0.3, -0.25) is 4.79 Å². The minimum atomic E-state index is -1.58. The Bertz CT molecular complexity index is 1110. The van der Waals surface area contributed by atoms with Crippen LogP contribution >= 0.6 is 0 Å². The third-order valence-electron chi connectivity index (χ3n) is 5.49. The Morgan fingerprint density at radius 1 is 0.649 bits per heavy atom. The van der Waals surface area contributed by atoms with Crippen molar-refractivity contribution in [3.63, 3.8) is 0 Å². The molecule has 0 aromatic heterocycles. The number of carbonyl (C=O) groups excluding carboxylic acids is 1. The molecular weight excluding hydrogens is 484 g/mol. The molecule has 1 fully saturated rings. The molecule has 10 nitrogen and oxygen atoms in total. The van der Waals surface area contributed by atoms with Crippen molar-refractivity contribution in [1.82, 2.24) is 0 Å². The molecule has 0 amide bonds. The topological polar surface area (TPSA) is 100 Å². The normalized spacial score (nSPS) is 19.2. The molecule has 2 aromatic rings. The number of carbonyl (C=O) groups is 1. The number of rotatable bonds is 10. The molecule has 0 N–H and O–H groups in total. The van der Waals surface area contributed by atoms with Crippen LogP contribution in [0, 0.1) is 0 Å². The van der Waals surface area contributed by atoms with Crippen LogP contribution in [0.4, 0.5) is 0 Å². The minimum Gasteiger partial charge on any atom is -0.496 e. The van der Waals surface area contributed by atoms with Gasteiger partial charge in [-0.1, -0.05) is 0 Å². The van der Waals surface area contributed by atoms with Crippen LogP contribution < -0.4 is 28.4 Å². The Morgan fingerprint density at radius 3 is 1.32 bits per heavy atom. The Hall–Kier alpha value is -4.05. The van der Waals surface area contributed by atoms with Crippen molar-refractivity contribution in [1.29, 1.82) is 0 Å². The second-order valence-electron chi connectivity index (χ2n) is 7.74. The van der Waals surface area contributed by atoms with Gasteiger partial charge in [0.1, 0.15) is 11.5 Å². The van der Waals surface area contributed by atoms with Crippen molar-refractivity contribution in [3.05, 3.63) is 46.9 Å². The lowest BCUT2D eigenvalue weighted by Gasteiger charge is -2.35. The van der Waals surface area contributed by atoms with Crippen LogP contribution in [0.15, 0.2) is 35.8 Å². The van der Waals surface area contributed by atoms with Crippen molar-refractivity contribution < 1.29 is 47.4 Å². The van der Waals surface area contributed by atoms with E-state index in [1.807, 2.05) is 0 Å². The molecule has 1 aliphatic rings. The predicted molar refractivity (Wildman–Crippen MR) is 135 cm³/mol. The van der Waals surface area contributed by atoms with Crippen LogP contribution in [-0.4, -0.2) is 61.0 Å². The summed E-state index contributed by atoms with van der Waals surface area (Å²) in [6.45, 7) is 3.63.